The molecule has 4 heterocycles. The molecule has 0 N–H and O–H groups in total. The molecule has 1 aromatic heterocycles. The maximum absolute atomic E-state index is 12.6. The van der Waals surface area contributed by atoms with Crippen molar-refractivity contribution in [1.29, 1.82) is 0 Å². The standard InChI is InChI=1S/C27H32N4O3/c1-19-8-9-21-22(31(19)26(32)33-2)10-11-23-25(21)28-24(16-20-6-4-3-5-7-20)30(23)14-13-29-17-27(18-29)12-15-34-27/h3-7,10-11,19H,8-9,12-18H2,1-2H3/t19-/m0/s1. The van der Waals surface area contributed by atoms with Crippen LogP contribution >= 0.6 is 0 Å². The highest BCUT2D eigenvalue weighted by atomic mass is 16.5. The van der Waals surface area contributed by atoms with Gasteiger partial charge in [0.25, 0.3) is 0 Å². The maximum Gasteiger partial charge on any atom is 0.414 e. The zero-order chi connectivity index (χ0) is 23.3. The normalized spacial score (nSPS) is 21.2. The van der Waals surface area contributed by atoms with Crippen LogP contribution in [0.5, 0.6) is 0 Å². The van der Waals surface area contributed by atoms with E-state index in [1.165, 1.54) is 19.1 Å². The average molecular weight is 461 g/mol. The summed E-state index contributed by atoms with van der Waals surface area (Å²) in [5.74, 6) is 1.08. The van der Waals surface area contributed by atoms with E-state index < -0.39 is 0 Å². The van der Waals surface area contributed by atoms with E-state index in [0.29, 0.717) is 0 Å². The molecule has 34 heavy (non-hydrogen) atoms. The van der Waals surface area contributed by atoms with Crippen LogP contribution < -0.4 is 4.90 Å². The van der Waals surface area contributed by atoms with E-state index in [-0.39, 0.29) is 17.7 Å². The first-order valence-corrected chi connectivity index (χ1v) is 12.4. The van der Waals surface area contributed by atoms with Crippen molar-refractivity contribution in [3.8, 4) is 0 Å². The third kappa shape index (κ3) is 3.58. The van der Waals surface area contributed by atoms with E-state index in [4.69, 9.17) is 14.5 Å². The molecule has 2 fully saturated rings. The maximum atomic E-state index is 12.6. The fourth-order valence-corrected chi connectivity index (χ4v) is 5.82. The minimum absolute atomic E-state index is 0.107. The van der Waals surface area contributed by atoms with Crippen LogP contribution in [-0.2, 0) is 28.9 Å². The lowest BCUT2D eigenvalue weighted by Crippen LogP contribution is -2.68. The molecule has 1 amide bonds. The summed E-state index contributed by atoms with van der Waals surface area (Å²) < 4.78 is 13.3. The fourth-order valence-electron chi connectivity index (χ4n) is 5.82. The van der Waals surface area contributed by atoms with Gasteiger partial charge in [-0.25, -0.2) is 9.78 Å². The average Bonchev–Trinajstić information content (AvgIpc) is 3.14. The molecule has 0 radical (unpaired) electrons. The van der Waals surface area contributed by atoms with Crippen LogP contribution in [0, 0.1) is 0 Å². The minimum Gasteiger partial charge on any atom is -0.452 e. The Balaban J connectivity index is 1.36. The number of nitrogens with zero attached hydrogens (tertiary/aromatic N) is 4. The van der Waals surface area contributed by atoms with Crippen LogP contribution in [0.1, 0.15) is 36.7 Å². The molecule has 0 saturated carbocycles. The number of amides is 1. The number of imidazole rings is 1. The Hall–Kier alpha value is -2.90. The Morgan fingerprint density at radius 1 is 1.18 bits per heavy atom. The quantitative estimate of drug-likeness (QED) is 0.576. The van der Waals surface area contributed by atoms with E-state index in [0.717, 1.165) is 80.2 Å². The van der Waals surface area contributed by atoms with Crippen LogP contribution in [-0.4, -0.2) is 65.5 Å². The number of fused-ring (bicyclic) bond motifs is 3. The Labute approximate surface area is 200 Å². The Morgan fingerprint density at radius 3 is 2.68 bits per heavy atom. The second-order valence-electron chi connectivity index (χ2n) is 9.99. The molecule has 0 bridgehead atoms. The zero-order valence-electron chi connectivity index (χ0n) is 20.0. The molecule has 3 aromatic rings. The predicted molar refractivity (Wildman–Crippen MR) is 131 cm³/mol. The number of hydrogen-bond donors (Lipinski definition) is 0. The van der Waals surface area contributed by atoms with Crippen molar-refractivity contribution in [3.63, 3.8) is 0 Å². The monoisotopic (exact) mass is 460 g/mol. The molecule has 6 rings (SSSR count). The third-order valence-corrected chi connectivity index (χ3v) is 7.80. The molecule has 3 aliphatic rings. The van der Waals surface area contributed by atoms with Gasteiger partial charge in [-0.3, -0.25) is 9.80 Å². The topological polar surface area (TPSA) is 59.8 Å². The first-order valence-electron chi connectivity index (χ1n) is 12.4. The van der Waals surface area contributed by atoms with Crippen LogP contribution in [0.3, 0.4) is 0 Å². The van der Waals surface area contributed by atoms with Gasteiger partial charge in [-0.15, -0.1) is 0 Å². The number of rotatable bonds is 5. The highest BCUT2D eigenvalue weighted by Gasteiger charge is 2.48. The van der Waals surface area contributed by atoms with Gasteiger partial charge >= 0.3 is 6.09 Å². The van der Waals surface area contributed by atoms with Gasteiger partial charge in [0.2, 0.25) is 0 Å². The highest BCUT2D eigenvalue weighted by Crippen LogP contribution is 2.38. The third-order valence-electron chi connectivity index (χ3n) is 7.80. The summed E-state index contributed by atoms with van der Waals surface area (Å²) in [5.41, 5.74) is 5.66. The van der Waals surface area contributed by atoms with Gasteiger partial charge in [0.1, 0.15) is 5.82 Å². The summed E-state index contributed by atoms with van der Waals surface area (Å²) in [6.45, 7) is 6.94. The number of aromatic nitrogens is 2. The number of carbonyl (C=O) groups is 1. The molecule has 3 aliphatic heterocycles. The van der Waals surface area contributed by atoms with Gasteiger partial charge in [-0.05, 0) is 37.5 Å². The summed E-state index contributed by atoms with van der Waals surface area (Å²) in [6.07, 6.45) is 3.49. The van der Waals surface area contributed by atoms with Crippen molar-refractivity contribution >= 4 is 22.8 Å². The summed E-state index contributed by atoms with van der Waals surface area (Å²) in [7, 11) is 1.45. The van der Waals surface area contributed by atoms with Gasteiger partial charge in [0.15, 0.2) is 0 Å². The Morgan fingerprint density at radius 2 is 1.97 bits per heavy atom. The SMILES string of the molecule is COC(=O)N1c2ccc3c(nc(Cc4ccccc4)n3CCN3CC4(CCO4)C3)c2CC[C@@H]1C. The lowest BCUT2D eigenvalue weighted by atomic mass is 9.86. The number of hydrogen-bond acceptors (Lipinski definition) is 5. The van der Waals surface area contributed by atoms with Gasteiger partial charge in [0.05, 0.1) is 36.0 Å². The molecule has 178 valence electrons. The van der Waals surface area contributed by atoms with E-state index in [9.17, 15) is 4.79 Å². The van der Waals surface area contributed by atoms with Crippen LogP contribution in [0.25, 0.3) is 11.0 Å². The van der Waals surface area contributed by atoms with Crippen molar-refractivity contribution in [1.82, 2.24) is 14.5 Å². The largest absolute Gasteiger partial charge is 0.452 e. The van der Waals surface area contributed by atoms with Gasteiger partial charge in [0, 0.05) is 50.6 Å². The Bertz CT molecular complexity index is 1210. The van der Waals surface area contributed by atoms with E-state index in [2.05, 4.69) is 52.8 Å². The van der Waals surface area contributed by atoms with E-state index in [1.54, 1.807) is 4.90 Å². The predicted octanol–water partition coefficient (Wildman–Crippen LogP) is 4.01. The van der Waals surface area contributed by atoms with Gasteiger partial charge in [-0.1, -0.05) is 30.3 Å². The second kappa shape index (κ2) is 8.40. The lowest BCUT2D eigenvalue weighted by Gasteiger charge is -2.55. The van der Waals surface area contributed by atoms with Crippen LogP contribution in [0.4, 0.5) is 10.5 Å². The minimum atomic E-state index is -0.304. The van der Waals surface area contributed by atoms with Crippen molar-refractivity contribution < 1.29 is 14.3 Å². The molecular weight excluding hydrogens is 428 g/mol. The second-order valence-corrected chi connectivity index (χ2v) is 9.99. The number of anilines is 1. The molecule has 1 spiro atoms. The molecule has 1 atom stereocenters. The smallest absolute Gasteiger partial charge is 0.414 e. The number of ether oxygens (including phenoxy) is 2. The van der Waals surface area contributed by atoms with Gasteiger partial charge < -0.3 is 14.0 Å². The first kappa shape index (κ1) is 21.6. The molecule has 2 saturated heterocycles. The molecule has 2 aromatic carbocycles. The lowest BCUT2D eigenvalue weighted by molar-refractivity contribution is -0.221. The van der Waals surface area contributed by atoms with Gasteiger partial charge in [-0.2, -0.15) is 0 Å². The van der Waals surface area contributed by atoms with Crippen LogP contribution in [0.2, 0.25) is 0 Å². The first-order chi connectivity index (χ1) is 16.6. The molecule has 7 heteroatoms. The fraction of sp³-hybridized carbons (Fsp3) is 0.481. The zero-order valence-corrected chi connectivity index (χ0v) is 20.0. The molecule has 7 nitrogen and oxygen atoms in total. The Kier molecular flexibility index (Phi) is 5.34. The summed E-state index contributed by atoms with van der Waals surface area (Å²) in [6, 6.07) is 14.9. The number of methoxy groups -OCH3 is 1. The summed E-state index contributed by atoms with van der Waals surface area (Å²) in [5, 5.41) is 0. The number of likely N-dealkylation sites (tertiary alicyclic amines) is 1. The summed E-state index contributed by atoms with van der Waals surface area (Å²) >= 11 is 0. The number of benzene rings is 2. The van der Waals surface area contributed by atoms with E-state index >= 15 is 0 Å². The van der Waals surface area contributed by atoms with E-state index in [1.807, 2.05) is 6.07 Å². The molecule has 0 aliphatic carbocycles. The number of aryl methyl sites for hydroxylation is 1. The van der Waals surface area contributed by atoms with Crippen molar-refractivity contribution in [2.45, 2.75) is 50.8 Å². The molecular formula is C27H32N4O3. The summed E-state index contributed by atoms with van der Waals surface area (Å²) in [4.78, 5) is 22.0. The van der Waals surface area contributed by atoms with Crippen molar-refractivity contribution in [2.24, 2.45) is 0 Å². The van der Waals surface area contributed by atoms with Crippen molar-refractivity contribution in [2.75, 3.05) is 38.3 Å². The number of carbonyl (C=O) groups excluding carboxylic acids is 1. The van der Waals surface area contributed by atoms with Crippen LogP contribution in [0.15, 0.2) is 42.5 Å². The molecule has 0 unspecified atom stereocenters. The highest BCUT2D eigenvalue weighted by molar-refractivity contribution is 5.95. The van der Waals surface area contributed by atoms with Crippen molar-refractivity contribution in [3.05, 3.63) is 59.4 Å².